The van der Waals surface area contributed by atoms with E-state index in [1.54, 1.807) is 0 Å². The Morgan fingerprint density at radius 2 is 0.506 bits per heavy atom. The monoisotopic (exact) mass is 1060 g/mol. The van der Waals surface area contributed by atoms with Crippen LogP contribution >= 0.6 is 0 Å². The largest absolute Gasteiger partial charge is 0.462 e. The molecule has 6 nitrogen and oxygen atoms in total. The zero-order chi connectivity index (χ0) is 55.7. The van der Waals surface area contributed by atoms with Gasteiger partial charge in [0.2, 0.25) is 0 Å². The van der Waals surface area contributed by atoms with Crippen molar-refractivity contribution in [2.24, 2.45) is 0 Å². The molecular weight excluding hydrogens is 949 g/mol. The second-order valence-electron chi connectivity index (χ2n) is 20.6. The highest BCUT2D eigenvalue weighted by atomic mass is 16.6. The number of carbonyl (C=O) groups excluding carboxylic acids is 3. The van der Waals surface area contributed by atoms with E-state index in [9.17, 15) is 14.4 Å². The van der Waals surface area contributed by atoms with E-state index in [1.807, 2.05) is 0 Å². The van der Waals surface area contributed by atoms with Crippen LogP contribution in [0.1, 0.15) is 278 Å². The molecule has 0 spiro atoms. The normalized spacial score (nSPS) is 13.0. The molecular formula is C71H116O6. The van der Waals surface area contributed by atoms with Crippen molar-refractivity contribution in [2.75, 3.05) is 13.2 Å². The van der Waals surface area contributed by atoms with Crippen molar-refractivity contribution in [3.63, 3.8) is 0 Å². The summed E-state index contributed by atoms with van der Waals surface area (Å²) in [5, 5.41) is 0. The van der Waals surface area contributed by atoms with E-state index in [0.29, 0.717) is 19.3 Å². The zero-order valence-electron chi connectivity index (χ0n) is 49.9. The van der Waals surface area contributed by atoms with Gasteiger partial charge in [0.25, 0.3) is 0 Å². The molecule has 0 bridgehead atoms. The summed E-state index contributed by atoms with van der Waals surface area (Å²) in [6.07, 6.45) is 90.3. The molecule has 0 rings (SSSR count). The van der Waals surface area contributed by atoms with Crippen LogP contribution in [0.3, 0.4) is 0 Å². The van der Waals surface area contributed by atoms with Crippen molar-refractivity contribution in [1.29, 1.82) is 0 Å². The van der Waals surface area contributed by atoms with Crippen molar-refractivity contribution in [1.82, 2.24) is 0 Å². The third-order valence-corrected chi connectivity index (χ3v) is 13.1. The number of esters is 3. The number of hydrogen-bond donors (Lipinski definition) is 0. The fourth-order valence-corrected chi connectivity index (χ4v) is 8.36. The van der Waals surface area contributed by atoms with Crippen LogP contribution in [0, 0.1) is 0 Å². The van der Waals surface area contributed by atoms with E-state index in [-0.39, 0.29) is 31.1 Å². The molecule has 0 aromatic heterocycles. The maximum absolute atomic E-state index is 12.9. The van der Waals surface area contributed by atoms with E-state index in [2.05, 4.69) is 154 Å². The van der Waals surface area contributed by atoms with E-state index >= 15 is 0 Å². The Hall–Kier alpha value is -4.45. The molecule has 0 radical (unpaired) electrons. The average molecular weight is 1070 g/mol. The fraction of sp³-hybridized carbons (Fsp3) is 0.648. The lowest BCUT2D eigenvalue weighted by Crippen LogP contribution is -2.30. The van der Waals surface area contributed by atoms with Crippen molar-refractivity contribution in [3.05, 3.63) is 134 Å². The fourth-order valence-electron chi connectivity index (χ4n) is 8.36. The van der Waals surface area contributed by atoms with Gasteiger partial charge in [0.05, 0.1) is 0 Å². The topological polar surface area (TPSA) is 78.9 Å². The lowest BCUT2D eigenvalue weighted by atomic mass is 10.1. The summed E-state index contributed by atoms with van der Waals surface area (Å²) in [6, 6.07) is 0. The van der Waals surface area contributed by atoms with Crippen molar-refractivity contribution in [2.45, 2.75) is 284 Å². The molecule has 0 saturated carbocycles. The highest BCUT2D eigenvalue weighted by Gasteiger charge is 2.19. The number of unbranched alkanes of at least 4 members (excludes halogenated alkanes) is 23. The predicted molar refractivity (Wildman–Crippen MR) is 334 cm³/mol. The minimum absolute atomic E-state index is 0.0990. The minimum atomic E-state index is -0.804. The molecule has 0 saturated heterocycles. The Bertz CT molecular complexity index is 1650. The molecule has 0 fully saturated rings. The third-order valence-electron chi connectivity index (χ3n) is 13.1. The molecule has 0 aromatic rings. The first-order chi connectivity index (χ1) is 38.0. The van der Waals surface area contributed by atoms with E-state index in [0.717, 1.165) is 148 Å². The first-order valence-electron chi connectivity index (χ1n) is 31.7. The molecule has 0 N–H and O–H groups in total. The maximum atomic E-state index is 12.9. The summed E-state index contributed by atoms with van der Waals surface area (Å²) in [4.78, 5) is 38.2. The van der Waals surface area contributed by atoms with Crippen LogP contribution < -0.4 is 0 Å². The Morgan fingerprint density at radius 3 is 0.844 bits per heavy atom. The van der Waals surface area contributed by atoms with Gasteiger partial charge >= 0.3 is 17.9 Å². The smallest absolute Gasteiger partial charge is 0.306 e. The Kier molecular flexibility index (Phi) is 60.4. The molecule has 0 aliphatic rings. The maximum Gasteiger partial charge on any atom is 0.306 e. The highest BCUT2D eigenvalue weighted by Crippen LogP contribution is 2.14. The van der Waals surface area contributed by atoms with Gasteiger partial charge in [-0.1, -0.05) is 251 Å². The van der Waals surface area contributed by atoms with Crippen LogP contribution in [-0.4, -0.2) is 37.2 Å². The first-order valence-corrected chi connectivity index (χ1v) is 31.7. The number of ether oxygens (including phenoxy) is 3. The summed E-state index contributed by atoms with van der Waals surface area (Å²) >= 11 is 0. The SMILES string of the molecule is CC/C=C\C/C=C\C/C=C\C/C=C\C/C=C\C/C=C\C/C=C\C/C=C\C/C=C\CCCCCC(=O)OCC(COC(=O)CCCCCCC/C=C\CCCCC)OC(=O)CCCCCCC/C=C\CCCCCCCCC. The summed E-state index contributed by atoms with van der Waals surface area (Å²) in [6.45, 7) is 6.46. The van der Waals surface area contributed by atoms with Gasteiger partial charge in [-0.15, -0.1) is 0 Å². The minimum Gasteiger partial charge on any atom is -0.462 e. The number of hydrogen-bond acceptors (Lipinski definition) is 6. The quantitative estimate of drug-likeness (QED) is 0.0261. The Morgan fingerprint density at radius 1 is 0.273 bits per heavy atom. The molecule has 77 heavy (non-hydrogen) atoms. The molecule has 0 aliphatic heterocycles. The van der Waals surface area contributed by atoms with Gasteiger partial charge in [0, 0.05) is 19.3 Å². The van der Waals surface area contributed by atoms with Crippen molar-refractivity contribution >= 4 is 17.9 Å². The second kappa shape index (κ2) is 64.1. The van der Waals surface area contributed by atoms with Crippen LogP contribution in [0.5, 0.6) is 0 Å². The predicted octanol–water partition coefficient (Wildman–Crippen LogP) is 21.8. The Labute approximate surface area is 475 Å². The molecule has 0 amide bonds. The number of allylic oxidation sites excluding steroid dienone is 22. The number of carbonyl (C=O) groups is 3. The number of rotatable bonds is 56. The lowest BCUT2D eigenvalue weighted by molar-refractivity contribution is -0.167. The van der Waals surface area contributed by atoms with E-state index in [4.69, 9.17) is 14.2 Å². The van der Waals surface area contributed by atoms with Gasteiger partial charge < -0.3 is 14.2 Å². The van der Waals surface area contributed by atoms with Gasteiger partial charge in [0.1, 0.15) is 13.2 Å². The van der Waals surface area contributed by atoms with Crippen LogP contribution in [0.4, 0.5) is 0 Å². The second-order valence-corrected chi connectivity index (χ2v) is 20.6. The summed E-state index contributed by atoms with van der Waals surface area (Å²) in [7, 11) is 0. The van der Waals surface area contributed by atoms with E-state index < -0.39 is 6.10 Å². The van der Waals surface area contributed by atoms with Crippen molar-refractivity contribution < 1.29 is 28.6 Å². The molecule has 0 aromatic carbocycles. The average Bonchev–Trinajstić information content (AvgIpc) is 3.43. The zero-order valence-corrected chi connectivity index (χ0v) is 49.9. The first kappa shape index (κ1) is 72.5. The van der Waals surface area contributed by atoms with Gasteiger partial charge in [-0.25, -0.2) is 0 Å². The lowest BCUT2D eigenvalue weighted by Gasteiger charge is -2.18. The molecule has 1 atom stereocenters. The van der Waals surface area contributed by atoms with Crippen LogP contribution in [0.2, 0.25) is 0 Å². The summed E-state index contributed by atoms with van der Waals surface area (Å²) in [5.41, 5.74) is 0. The van der Waals surface area contributed by atoms with Crippen molar-refractivity contribution in [3.8, 4) is 0 Å². The summed E-state index contributed by atoms with van der Waals surface area (Å²) in [5.74, 6) is -0.950. The third kappa shape index (κ3) is 62.3. The molecule has 0 aliphatic carbocycles. The molecule has 1 unspecified atom stereocenters. The van der Waals surface area contributed by atoms with E-state index in [1.165, 1.54) is 89.9 Å². The van der Waals surface area contributed by atoms with Crippen LogP contribution in [0.15, 0.2) is 134 Å². The highest BCUT2D eigenvalue weighted by molar-refractivity contribution is 5.71. The molecule has 0 heterocycles. The Balaban J connectivity index is 4.38. The summed E-state index contributed by atoms with van der Waals surface area (Å²) < 4.78 is 16.8. The van der Waals surface area contributed by atoms with Gasteiger partial charge in [-0.05, 0) is 141 Å². The molecule has 6 heteroatoms. The van der Waals surface area contributed by atoms with Gasteiger partial charge in [0.15, 0.2) is 6.10 Å². The standard InChI is InChI=1S/C71H116O6/c1-4-7-10-13-16-19-22-25-27-29-30-31-32-33-34-35-36-37-38-39-40-41-42-43-45-46-49-52-55-58-61-64-70(73)76-67-68(66-75-69(72)63-60-57-54-51-48-24-21-18-15-12-9-6-3)77-71(74)65-62-59-56-53-50-47-44-28-26-23-20-17-14-11-8-5-2/h7,10,16,18-19,21,25,27-28,30-31,33-34,36-37,39-40,42-44,46,49,68H,4-6,8-9,11-15,17,20,22-24,26,29,32,35,38,41,45,47-48,50-67H2,1-3H3/b10-7-,19-16-,21-18-,27-25-,31-30-,34-33-,37-36-,40-39-,43-42-,44-28-,49-46-. The van der Waals surface area contributed by atoms with Gasteiger partial charge in [-0.2, -0.15) is 0 Å². The molecule has 436 valence electrons. The van der Waals surface area contributed by atoms with Crippen LogP contribution in [-0.2, 0) is 28.6 Å². The van der Waals surface area contributed by atoms with Crippen LogP contribution in [0.25, 0.3) is 0 Å². The van der Waals surface area contributed by atoms with Gasteiger partial charge in [-0.3, -0.25) is 14.4 Å².